The van der Waals surface area contributed by atoms with E-state index in [2.05, 4.69) is 0 Å². The Hall–Kier alpha value is -2.76. The smallest absolute Gasteiger partial charge is 0.264 e. The molecule has 1 atom stereocenters. The molecule has 0 saturated heterocycles. The molecule has 4 rings (SSSR count). The summed E-state index contributed by atoms with van der Waals surface area (Å²) in [4.78, 5) is 29.1. The van der Waals surface area contributed by atoms with Crippen LogP contribution < -0.4 is 4.90 Å². The SMILES string of the molecule is Cc1ccc(C(=O)C[C@]2(O)C(=O)N(CCc3ccccc3)c3ccccc32)s1. The van der Waals surface area contributed by atoms with E-state index in [-0.39, 0.29) is 12.2 Å². The quantitative estimate of drug-likeness (QED) is 0.644. The van der Waals surface area contributed by atoms with Gasteiger partial charge in [0.15, 0.2) is 11.4 Å². The van der Waals surface area contributed by atoms with Crippen LogP contribution in [0.4, 0.5) is 5.69 Å². The fourth-order valence-corrected chi connectivity index (χ4v) is 4.49. The van der Waals surface area contributed by atoms with Crippen LogP contribution in [0.3, 0.4) is 0 Å². The second-order valence-electron chi connectivity index (χ2n) is 7.08. The van der Waals surface area contributed by atoms with Crippen molar-refractivity contribution in [2.24, 2.45) is 0 Å². The Balaban J connectivity index is 1.61. The molecule has 0 saturated carbocycles. The van der Waals surface area contributed by atoms with E-state index in [1.807, 2.05) is 55.5 Å². The minimum absolute atomic E-state index is 0.214. The van der Waals surface area contributed by atoms with Gasteiger partial charge in [0.25, 0.3) is 5.91 Å². The molecule has 3 aromatic rings. The molecule has 0 bridgehead atoms. The summed E-state index contributed by atoms with van der Waals surface area (Å²) in [6.45, 7) is 2.38. The molecular weight excluding hydrogens is 370 g/mol. The van der Waals surface area contributed by atoms with Crippen molar-refractivity contribution in [1.29, 1.82) is 0 Å². The molecule has 0 radical (unpaired) electrons. The van der Waals surface area contributed by atoms with Gasteiger partial charge in [0.05, 0.1) is 17.0 Å². The maximum Gasteiger partial charge on any atom is 0.264 e. The Morgan fingerprint density at radius 1 is 1.04 bits per heavy atom. The first kappa shape index (κ1) is 18.6. The van der Waals surface area contributed by atoms with Crippen molar-refractivity contribution >= 4 is 28.7 Å². The fourth-order valence-electron chi connectivity index (χ4n) is 3.69. The van der Waals surface area contributed by atoms with Gasteiger partial charge in [0.1, 0.15) is 0 Å². The summed E-state index contributed by atoms with van der Waals surface area (Å²) in [6.07, 6.45) is 0.430. The Morgan fingerprint density at radius 2 is 1.75 bits per heavy atom. The van der Waals surface area contributed by atoms with E-state index >= 15 is 0 Å². The topological polar surface area (TPSA) is 57.6 Å². The number of hydrogen-bond acceptors (Lipinski definition) is 4. The number of amides is 1. The second-order valence-corrected chi connectivity index (χ2v) is 8.37. The number of anilines is 1. The molecule has 0 spiro atoms. The Labute approximate surface area is 168 Å². The van der Waals surface area contributed by atoms with Crippen molar-refractivity contribution in [2.45, 2.75) is 25.4 Å². The van der Waals surface area contributed by atoms with E-state index < -0.39 is 11.5 Å². The van der Waals surface area contributed by atoms with Crippen molar-refractivity contribution in [3.63, 3.8) is 0 Å². The third-order valence-corrected chi connectivity index (χ3v) is 6.18. The number of aryl methyl sites for hydroxylation is 1. The highest BCUT2D eigenvalue weighted by Gasteiger charge is 2.50. The summed E-state index contributed by atoms with van der Waals surface area (Å²) in [6, 6.07) is 20.7. The molecular formula is C23H21NO3S. The Bertz CT molecular complexity index is 1030. The normalized spacial score (nSPS) is 18.4. The number of benzene rings is 2. The van der Waals surface area contributed by atoms with E-state index in [1.54, 1.807) is 23.1 Å². The number of nitrogens with zero attached hydrogens (tertiary/aromatic N) is 1. The Morgan fingerprint density at radius 3 is 2.46 bits per heavy atom. The third-order valence-electron chi connectivity index (χ3n) is 5.14. The van der Waals surface area contributed by atoms with Crippen molar-refractivity contribution in [3.05, 3.63) is 87.6 Å². The van der Waals surface area contributed by atoms with Gasteiger partial charge in [-0.2, -0.15) is 0 Å². The van der Waals surface area contributed by atoms with Crippen LogP contribution in [-0.2, 0) is 16.8 Å². The van der Waals surface area contributed by atoms with Gasteiger partial charge in [0.2, 0.25) is 0 Å². The number of aliphatic hydroxyl groups is 1. The van der Waals surface area contributed by atoms with Crippen LogP contribution in [0.15, 0.2) is 66.7 Å². The highest BCUT2D eigenvalue weighted by molar-refractivity contribution is 7.14. The average molecular weight is 391 g/mol. The minimum atomic E-state index is -1.82. The van der Waals surface area contributed by atoms with Gasteiger partial charge >= 0.3 is 0 Å². The van der Waals surface area contributed by atoms with Crippen LogP contribution >= 0.6 is 11.3 Å². The zero-order valence-corrected chi connectivity index (χ0v) is 16.4. The van der Waals surface area contributed by atoms with Gasteiger partial charge in [-0.25, -0.2) is 0 Å². The van der Waals surface area contributed by atoms with E-state index in [9.17, 15) is 14.7 Å². The molecule has 1 aromatic heterocycles. The molecule has 0 aliphatic carbocycles. The van der Waals surface area contributed by atoms with E-state index in [0.29, 0.717) is 29.1 Å². The molecule has 4 nitrogen and oxygen atoms in total. The lowest BCUT2D eigenvalue weighted by molar-refractivity contribution is -0.135. The van der Waals surface area contributed by atoms with Crippen LogP contribution in [0.1, 0.15) is 32.1 Å². The van der Waals surface area contributed by atoms with Gasteiger partial charge < -0.3 is 10.0 Å². The largest absolute Gasteiger partial charge is 0.375 e. The van der Waals surface area contributed by atoms with Crippen molar-refractivity contribution in [1.82, 2.24) is 0 Å². The molecule has 5 heteroatoms. The predicted octanol–water partition coefficient (Wildman–Crippen LogP) is 4.11. The number of ketones is 1. The molecule has 1 aliphatic heterocycles. The number of fused-ring (bicyclic) bond motifs is 1. The van der Waals surface area contributed by atoms with Crippen LogP contribution in [0.5, 0.6) is 0 Å². The Kier molecular flexibility index (Phi) is 4.87. The third kappa shape index (κ3) is 3.28. The molecule has 0 unspecified atom stereocenters. The summed E-state index contributed by atoms with van der Waals surface area (Å²) < 4.78 is 0. The summed E-state index contributed by atoms with van der Waals surface area (Å²) >= 11 is 1.38. The molecule has 1 N–H and O–H groups in total. The molecule has 28 heavy (non-hydrogen) atoms. The van der Waals surface area contributed by atoms with Gasteiger partial charge in [-0.05, 0) is 37.1 Å². The van der Waals surface area contributed by atoms with Gasteiger partial charge in [0, 0.05) is 17.0 Å². The highest BCUT2D eigenvalue weighted by atomic mass is 32.1. The molecule has 142 valence electrons. The molecule has 1 amide bonds. The summed E-state index contributed by atoms with van der Waals surface area (Å²) in [7, 11) is 0. The van der Waals surface area contributed by atoms with Crippen LogP contribution in [0, 0.1) is 6.92 Å². The highest BCUT2D eigenvalue weighted by Crippen LogP contribution is 2.43. The van der Waals surface area contributed by atoms with Gasteiger partial charge in [-0.3, -0.25) is 9.59 Å². The summed E-state index contributed by atoms with van der Waals surface area (Å²) in [5.74, 6) is -0.639. The van der Waals surface area contributed by atoms with Crippen molar-refractivity contribution < 1.29 is 14.7 Å². The number of hydrogen-bond donors (Lipinski definition) is 1. The number of para-hydroxylation sites is 1. The average Bonchev–Trinajstić information content (AvgIpc) is 3.23. The number of Topliss-reactive ketones (excluding diaryl/α,β-unsaturated/α-hetero) is 1. The lowest BCUT2D eigenvalue weighted by Gasteiger charge is -2.22. The number of carbonyl (C=O) groups excluding carboxylic acids is 2. The zero-order valence-electron chi connectivity index (χ0n) is 15.6. The first-order valence-electron chi connectivity index (χ1n) is 9.26. The minimum Gasteiger partial charge on any atom is -0.375 e. The standard InChI is InChI=1S/C23H21NO3S/c1-16-11-12-21(28-16)20(25)15-23(27)18-9-5-6-10-19(18)24(22(23)26)14-13-17-7-3-2-4-8-17/h2-12,27H,13-15H2,1H3/t23-/m1/s1. The number of thiophene rings is 1. The molecule has 0 fully saturated rings. The van der Waals surface area contributed by atoms with Crippen molar-refractivity contribution in [3.8, 4) is 0 Å². The first-order valence-corrected chi connectivity index (χ1v) is 10.1. The van der Waals surface area contributed by atoms with Gasteiger partial charge in [-0.15, -0.1) is 11.3 Å². The number of rotatable bonds is 6. The lowest BCUT2D eigenvalue weighted by atomic mass is 9.89. The molecule has 1 aliphatic rings. The maximum atomic E-state index is 13.2. The predicted molar refractivity (Wildman–Crippen MR) is 111 cm³/mol. The maximum absolute atomic E-state index is 13.2. The van der Waals surface area contributed by atoms with Gasteiger partial charge in [-0.1, -0.05) is 48.5 Å². The monoisotopic (exact) mass is 391 g/mol. The van der Waals surface area contributed by atoms with E-state index in [4.69, 9.17) is 0 Å². The summed E-state index contributed by atoms with van der Waals surface area (Å²) in [5, 5.41) is 11.3. The van der Waals surface area contributed by atoms with Crippen LogP contribution in [0.25, 0.3) is 0 Å². The second kappa shape index (κ2) is 7.34. The zero-order chi connectivity index (χ0) is 19.7. The summed E-state index contributed by atoms with van der Waals surface area (Å²) in [5.41, 5.74) is 0.492. The fraction of sp³-hybridized carbons (Fsp3) is 0.217. The molecule has 2 heterocycles. The van der Waals surface area contributed by atoms with E-state index in [1.165, 1.54) is 11.3 Å². The van der Waals surface area contributed by atoms with Crippen molar-refractivity contribution in [2.75, 3.05) is 11.4 Å². The number of carbonyl (C=O) groups is 2. The van der Waals surface area contributed by atoms with Crippen LogP contribution in [0.2, 0.25) is 0 Å². The molecule has 2 aromatic carbocycles. The van der Waals surface area contributed by atoms with Crippen LogP contribution in [-0.4, -0.2) is 23.3 Å². The first-order chi connectivity index (χ1) is 13.5. The lowest BCUT2D eigenvalue weighted by Crippen LogP contribution is -2.42. The van der Waals surface area contributed by atoms with E-state index in [0.717, 1.165) is 10.4 Å².